The highest BCUT2D eigenvalue weighted by molar-refractivity contribution is 6.41. The van der Waals surface area contributed by atoms with E-state index in [0.29, 0.717) is 6.07 Å². The number of Topliss-reactive ketones (excluding diaryl/α,β-unsaturated/α-hetero) is 1. The zero-order chi connectivity index (χ0) is 18.0. The molecular weight excluding hydrogens is 366 g/mol. The fourth-order valence-electron chi connectivity index (χ4n) is 1.89. The highest BCUT2D eigenvalue weighted by Crippen LogP contribution is 2.38. The number of nitrogens with zero attached hydrogens (tertiary/aromatic N) is 2. The van der Waals surface area contributed by atoms with Gasteiger partial charge in [-0.1, -0.05) is 23.2 Å². The van der Waals surface area contributed by atoms with Crippen LogP contribution >= 0.6 is 23.2 Å². The molecule has 0 heterocycles. The van der Waals surface area contributed by atoms with Gasteiger partial charge in [0.1, 0.15) is 10.8 Å². The largest absolute Gasteiger partial charge is 0.468 e. The molecule has 1 atom stereocenters. The Hall–Kier alpha value is -2.06. The smallest absolute Gasteiger partial charge is 0.322 e. The highest BCUT2D eigenvalue weighted by atomic mass is 35.5. The van der Waals surface area contributed by atoms with Gasteiger partial charge in [-0.25, -0.2) is 4.39 Å². The number of carbonyl (C=O) groups is 2. The van der Waals surface area contributed by atoms with Crippen LogP contribution in [0.5, 0.6) is 0 Å². The molecule has 0 amide bonds. The van der Waals surface area contributed by atoms with Crippen molar-refractivity contribution < 1.29 is 23.6 Å². The van der Waals surface area contributed by atoms with E-state index < -0.39 is 49.7 Å². The maximum atomic E-state index is 13.8. The Kier molecular flexibility index (Phi) is 5.51. The van der Waals surface area contributed by atoms with Gasteiger partial charge in [0.25, 0.3) is 0 Å². The van der Waals surface area contributed by atoms with Crippen LogP contribution in [-0.4, -0.2) is 36.0 Å². The number of nitro benzene ring substituents is 1. The first kappa shape index (κ1) is 18.3. The molecule has 1 unspecified atom stereocenters. The molecule has 2 rings (SSSR count). The first-order chi connectivity index (χ1) is 11.3. The summed E-state index contributed by atoms with van der Waals surface area (Å²) in [6, 6.07) is 0.678. The predicted molar refractivity (Wildman–Crippen MR) is 84.4 cm³/mol. The minimum Gasteiger partial charge on any atom is -0.468 e. The molecule has 0 aromatic heterocycles. The first-order valence-electron chi connectivity index (χ1n) is 6.75. The maximum Gasteiger partial charge on any atom is 0.322 e. The van der Waals surface area contributed by atoms with Crippen molar-refractivity contribution in [3.8, 4) is 0 Å². The van der Waals surface area contributed by atoms with Crippen molar-refractivity contribution in [1.29, 1.82) is 0 Å². The van der Waals surface area contributed by atoms with Gasteiger partial charge in [0.2, 0.25) is 0 Å². The maximum absolute atomic E-state index is 13.8. The summed E-state index contributed by atoms with van der Waals surface area (Å²) in [5.41, 5.74) is -1.48. The predicted octanol–water partition coefficient (Wildman–Crippen LogP) is 3.25. The van der Waals surface area contributed by atoms with Crippen molar-refractivity contribution in [2.24, 2.45) is 10.9 Å². The number of hydrogen-bond donors (Lipinski definition) is 0. The topological polar surface area (TPSA) is 98.9 Å². The van der Waals surface area contributed by atoms with Crippen molar-refractivity contribution >= 4 is 46.9 Å². The van der Waals surface area contributed by atoms with E-state index in [1.807, 2.05) is 0 Å². The molecule has 0 radical (unpaired) electrons. The molecule has 10 heteroatoms. The van der Waals surface area contributed by atoms with Crippen LogP contribution in [0.1, 0.15) is 23.2 Å². The van der Waals surface area contributed by atoms with Gasteiger partial charge >= 0.3 is 11.7 Å². The third-order valence-electron chi connectivity index (χ3n) is 3.31. The van der Waals surface area contributed by atoms with Crippen LogP contribution in [0.4, 0.5) is 10.1 Å². The van der Waals surface area contributed by atoms with E-state index in [2.05, 4.69) is 9.73 Å². The van der Waals surface area contributed by atoms with Crippen molar-refractivity contribution in [3.05, 3.63) is 37.6 Å². The van der Waals surface area contributed by atoms with E-state index in [-0.39, 0.29) is 6.04 Å². The Labute approximate surface area is 145 Å². The normalized spacial score (nSPS) is 15.3. The Morgan fingerprint density at radius 3 is 2.58 bits per heavy atom. The standard InChI is InChI=1S/C14H11Cl2FN2O5/c1-24-14(21)8(5-18-6-2-3-6)13(20)7-4-9(17)11(16)12(10(7)15)19(22)23/h4-6,8H,2-3H2,1H3. The minimum absolute atomic E-state index is 0.0247. The van der Waals surface area contributed by atoms with Gasteiger partial charge in [0.05, 0.1) is 12.0 Å². The Balaban J connectivity index is 2.49. The lowest BCUT2D eigenvalue weighted by atomic mass is 9.98. The molecule has 1 aliphatic rings. The number of aliphatic imine (C=N–C) groups is 1. The molecule has 128 valence electrons. The third kappa shape index (κ3) is 3.70. The number of ether oxygens (including phenoxy) is 1. The molecule has 1 aliphatic carbocycles. The molecule has 0 spiro atoms. The van der Waals surface area contributed by atoms with Gasteiger partial charge in [0.15, 0.2) is 16.7 Å². The van der Waals surface area contributed by atoms with Crippen molar-refractivity contribution in [3.63, 3.8) is 0 Å². The number of carbonyl (C=O) groups excluding carboxylic acids is 2. The number of halogens is 3. The molecule has 0 saturated heterocycles. The van der Waals surface area contributed by atoms with E-state index in [1.165, 1.54) is 0 Å². The second-order valence-corrected chi connectivity index (χ2v) is 5.79. The van der Waals surface area contributed by atoms with Crippen LogP contribution in [0.25, 0.3) is 0 Å². The summed E-state index contributed by atoms with van der Waals surface area (Å²) < 4.78 is 18.3. The quantitative estimate of drug-likeness (QED) is 0.144. The van der Waals surface area contributed by atoms with Crippen LogP contribution in [0.15, 0.2) is 11.1 Å². The Morgan fingerprint density at radius 2 is 2.08 bits per heavy atom. The van der Waals surface area contributed by atoms with E-state index in [4.69, 9.17) is 23.2 Å². The van der Waals surface area contributed by atoms with Gasteiger partial charge in [-0.3, -0.25) is 24.7 Å². The number of rotatable bonds is 6. The van der Waals surface area contributed by atoms with Crippen LogP contribution < -0.4 is 0 Å². The van der Waals surface area contributed by atoms with E-state index >= 15 is 0 Å². The number of methoxy groups -OCH3 is 1. The number of esters is 1. The molecule has 0 N–H and O–H groups in total. The third-order valence-corrected chi connectivity index (χ3v) is 4.05. The number of nitro groups is 1. The Bertz CT molecular complexity index is 749. The monoisotopic (exact) mass is 376 g/mol. The van der Waals surface area contributed by atoms with Gasteiger partial charge in [-0.2, -0.15) is 0 Å². The summed E-state index contributed by atoms with van der Waals surface area (Å²) in [5.74, 6) is -4.57. The van der Waals surface area contributed by atoms with Crippen LogP contribution in [-0.2, 0) is 9.53 Å². The van der Waals surface area contributed by atoms with Gasteiger partial charge in [-0.15, -0.1) is 0 Å². The molecule has 1 aromatic rings. The fourth-order valence-corrected chi connectivity index (χ4v) is 2.47. The second-order valence-electron chi connectivity index (χ2n) is 5.03. The Morgan fingerprint density at radius 1 is 1.46 bits per heavy atom. The summed E-state index contributed by atoms with van der Waals surface area (Å²) in [4.78, 5) is 38.4. The summed E-state index contributed by atoms with van der Waals surface area (Å²) in [6.07, 6.45) is 2.77. The molecular formula is C14H11Cl2FN2O5. The number of hydrogen-bond acceptors (Lipinski definition) is 6. The van der Waals surface area contributed by atoms with Crippen LogP contribution in [0.2, 0.25) is 10.0 Å². The lowest BCUT2D eigenvalue weighted by molar-refractivity contribution is -0.384. The summed E-state index contributed by atoms with van der Waals surface area (Å²) >= 11 is 11.4. The van der Waals surface area contributed by atoms with E-state index in [1.54, 1.807) is 0 Å². The van der Waals surface area contributed by atoms with Crippen molar-refractivity contribution in [1.82, 2.24) is 0 Å². The van der Waals surface area contributed by atoms with Crippen LogP contribution in [0.3, 0.4) is 0 Å². The molecule has 0 bridgehead atoms. The molecule has 0 aliphatic heterocycles. The summed E-state index contributed by atoms with van der Waals surface area (Å²) in [6.45, 7) is 0. The minimum atomic E-state index is -1.48. The lowest BCUT2D eigenvalue weighted by Crippen LogP contribution is -2.27. The van der Waals surface area contributed by atoms with E-state index in [0.717, 1.165) is 26.2 Å². The van der Waals surface area contributed by atoms with Gasteiger partial charge in [-0.05, 0) is 18.9 Å². The number of benzene rings is 1. The first-order valence-corrected chi connectivity index (χ1v) is 7.50. The van der Waals surface area contributed by atoms with Gasteiger partial charge in [0, 0.05) is 17.8 Å². The van der Waals surface area contributed by atoms with Crippen LogP contribution in [0, 0.1) is 21.8 Å². The average Bonchev–Trinajstić information content (AvgIpc) is 3.34. The molecule has 7 nitrogen and oxygen atoms in total. The van der Waals surface area contributed by atoms with Crippen molar-refractivity contribution in [2.75, 3.05) is 7.11 Å². The fraction of sp³-hybridized carbons (Fsp3) is 0.357. The lowest BCUT2D eigenvalue weighted by Gasteiger charge is -2.11. The molecule has 24 heavy (non-hydrogen) atoms. The molecule has 1 saturated carbocycles. The second kappa shape index (κ2) is 7.23. The molecule has 1 fully saturated rings. The van der Waals surface area contributed by atoms with Crippen molar-refractivity contribution in [2.45, 2.75) is 18.9 Å². The SMILES string of the molecule is COC(=O)C(C=NC1CC1)C(=O)c1cc(F)c(Cl)c([N+](=O)[O-])c1Cl. The average molecular weight is 377 g/mol. The van der Waals surface area contributed by atoms with E-state index in [9.17, 15) is 24.1 Å². The molecule has 1 aromatic carbocycles. The summed E-state index contributed by atoms with van der Waals surface area (Å²) in [5, 5.41) is 9.53. The zero-order valence-electron chi connectivity index (χ0n) is 12.3. The number of ketones is 1. The zero-order valence-corrected chi connectivity index (χ0v) is 13.8. The highest BCUT2D eigenvalue weighted by Gasteiger charge is 2.34. The summed E-state index contributed by atoms with van der Waals surface area (Å²) in [7, 11) is 1.07. The van der Waals surface area contributed by atoms with Gasteiger partial charge < -0.3 is 4.74 Å².